The first-order valence-electron chi connectivity index (χ1n) is 7.25. The van der Waals surface area contributed by atoms with Gasteiger partial charge in [0.05, 0.1) is 0 Å². The fraction of sp³-hybridized carbons (Fsp3) is 0.375. The van der Waals surface area contributed by atoms with Crippen molar-refractivity contribution in [3.63, 3.8) is 0 Å². The summed E-state index contributed by atoms with van der Waals surface area (Å²) in [4.78, 5) is 18.2. The largest absolute Gasteiger partial charge is 0.465 e. The topological polar surface area (TPSA) is 66.6 Å². The molecule has 0 saturated carbocycles. The maximum absolute atomic E-state index is 10.9. The van der Waals surface area contributed by atoms with Gasteiger partial charge in [-0.25, -0.2) is 9.78 Å². The Morgan fingerprint density at radius 3 is 2.59 bits per heavy atom. The Morgan fingerprint density at radius 1 is 1.32 bits per heavy atom. The maximum Gasteiger partial charge on any atom is 0.407 e. The average Bonchev–Trinajstić information content (AvgIpc) is 3.05. The van der Waals surface area contributed by atoms with Crippen LogP contribution in [0.2, 0.25) is 0 Å². The predicted octanol–water partition coefficient (Wildman–Crippen LogP) is 3.92. The quantitative estimate of drug-likeness (QED) is 0.869. The summed E-state index contributed by atoms with van der Waals surface area (Å²) in [6.07, 6.45) is 4.41. The highest BCUT2D eigenvalue weighted by Gasteiger charge is 2.26. The van der Waals surface area contributed by atoms with Crippen LogP contribution in [0.4, 0.5) is 4.79 Å². The summed E-state index contributed by atoms with van der Waals surface area (Å²) in [5.74, 6) is 0.920. The summed E-state index contributed by atoms with van der Waals surface area (Å²) in [7, 11) is 0. The highest BCUT2D eigenvalue weighted by Crippen LogP contribution is 2.30. The lowest BCUT2D eigenvalue weighted by molar-refractivity contribution is 0.129. The Labute approximate surface area is 133 Å². The number of oxazole rings is 1. The summed E-state index contributed by atoms with van der Waals surface area (Å²) in [6.45, 7) is 1.08. The zero-order valence-electron chi connectivity index (χ0n) is 12.4. The van der Waals surface area contributed by atoms with E-state index in [-0.39, 0.29) is 5.92 Å². The van der Waals surface area contributed by atoms with Gasteiger partial charge in [0, 0.05) is 29.5 Å². The Kier molecular flexibility index (Phi) is 4.38. The van der Waals surface area contributed by atoms with Crippen molar-refractivity contribution in [3.8, 4) is 11.3 Å². The number of piperidine rings is 1. The highest BCUT2D eigenvalue weighted by atomic mass is 32.2. The molecule has 1 aliphatic heterocycles. The number of nitrogens with zero attached hydrogens (tertiary/aromatic N) is 2. The van der Waals surface area contributed by atoms with Gasteiger partial charge in [-0.3, -0.25) is 0 Å². The Morgan fingerprint density at radius 2 is 2.00 bits per heavy atom. The van der Waals surface area contributed by atoms with E-state index in [1.165, 1.54) is 9.80 Å². The van der Waals surface area contributed by atoms with Crippen molar-refractivity contribution >= 4 is 17.9 Å². The number of hydrogen-bond acceptors (Lipinski definition) is 4. The van der Waals surface area contributed by atoms with Crippen LogP contribution in [0.5, 0.6) is 0 Å². The molecule has 0 aliphatic carbocycles. The molecule has 6 heteroatoms. The van der Waals surface area contributed by atoms with Gasteiger partial charge in [-0.2, -0.15) is 0 Å². The number of rotatable bonds is 3. The first-order valence-corrected chi connectivity index (χ1v) is 8.47. The number of hydrogen-bond donors (Lipinski definition) is 1. The van der Waals surface area contributed by atoms with E-state index in [0.717, 1.165) is 24.1 Å². The maximum atomic E-state index is 10.9. The van der Waals surface area contributed by atoms with E-state index in [1.54, 1.807) is 18.0 Å². The number of likely N-dealkylation sites (tertiary alicyclic amines) is 1. The Bertz CT molecular complexity index is 646. The molecule has 116 valence electrons. The van der Waals surface area contributed by atoms with E-state index in [9.17, 15) is 4.79 Å². The summed E-state index contributed by atoms with van der Waals surface area (Å²) < 4.78 is 5.63. The standard InChI is InChI=1S/C16H18N2O3S/c1-22-13-4-2-11(3-5-13)14-10-21-15(17-14)12-6-8-18(9-7-12)16(19)20/h2-5,10,12H,6-9H2,1H3,(H,19,20). The minimum Gasteiger partial charge on any atom is -0.465 e. The van der Waals surface area contributed by atoms with Gasteiger partial charge < -0.3 is 14.4 Å². The fourth-order valence-electron chi connectivity index (χ4n) is 2.69. The minimum atomic E-state index is -0.847. The van der Waals surface area contributed by atoms with Gasteiger partial charge >= 0.3 is 6.09 Å². The van der Waals surface area contributed by atoms with Gasteiger partial charge in [-0.15, -0.1) is 11.8 Å². The predicted molar refractivity (Wildman–Crippen MR) is 85.3 cm³/mol. The zero-order chi connectivity index (χ0) is 15.5. The van der Waals surface area contributed by atoms with Gasteiger partial charge in [0.1, 0.15) is 12.0 Å². The third kappa shape index (κ3) is 3.11. The molecule has 0 atom stereocenters. The van der Waals surface area contributed by atoms with Gasteiger partial charge in [-0.1, -0.05) is 12.1 Å². The van der Waals surface area contributed by atoms with Crippen molar-refractivity contribution < 1.29 is 14.3 Å². The molecule has 3 rings (SSSR count). The van der Waals surface area contributed by atoms with E-state index >= 15 is 0 Å². The fourth-order valence-corrected chi connectivity index (χ4v) is 3.10. The van der Waals surface area contributed by atoms with E-state index in [0.29, 0.717) is 19.0 Å². The van der Waals surface area contributed by atoms with Crippen LogP contribution >= 0.6 is 11.8 Å². The zero-order valence-corrected chi connectivity index (χ0v) is 13.2. The third-order valence-electron chi connectivity index (χ3n) is 4.02. The molecule has 5 nitrogen and oxygen atoms in total. The van der Waals surface area contributed by atoms with Crippen LogP contribution < -0.4 is 0 Å². The number of benzene rings is 1. The number of aromatic nitrogens is 1. The molecule has 2 heterocycles. The molecular formula is C16H18N2O3S. The average molecular weight is 318 g/mol. The molecule has 0 spiro atoms. The first kappa shape index (κ1) is 15.0. The van der Waals surface area contributed by atoms with Gasteiger partial charge in [0.15, 0.2) is 5.89 Å². The molecule has 1 N–H and O–H groups in total. The second kappa shape index (κ2) is 6.44. The molecule has 0 bridgehead atoms. The minimum absolute atomic E-state index is 0.204. The normalized spacial score (nSPS) is 16.0. The Hall–Kier alpha value is -1.95. The van der Waals surface area contributed by atoms with Crippen LogP contribution in [0, 0.1) is 0 Å². The summed E-state index contributed by atoms with van der Waals surface area (Å²) in [5.41, 5.74) is 1.87. The number of carbonyl (C=O) groups is 1. The SMILES string of the molecule is CSc1ccc(-c2coc(C3CCN(C(=O)O)CC3)n2)cc1. The molecule has 2 aromatic rings. The lowest BCUT2D eigenvalue weighted by Crippen LogP contribution is -2.36. The molecule has 1 saturated heterocycles. The van der Waals surface area contributed by atoms with Crippen LogP contribution in [0.15, 0.2) is 39.8 Å². The second-order valence-corrected chi connectivity index (χ2v) is 6.22. The summed E-state index contributed by atoms with van der Waals surface area (Å²) in [6, 6.07) is 8.22. The van der Waals surface area contributed by atoms with Crippen molar-refractivity contribution in [2.24, 2.45) is 0 Å². The smallest absolute Gasteiger partial charge is 0.407 e. The molecular weight excluding hydrogens is 300 g/mol. The molecule has 0 unspecified atom stereocenters. The van der Waals surface area contributed by atoms with Crippen LogP contribution in [0.1, 0.15) is 24.7 Å². The van der Waals surface area contributed by atoms with Crippen molar-refractivity contribution in [3.05, 3.63) is 36.4 Å². The second-order valence-electron chi connectivity index (χ2n) is 5.34. The lowest BCUT2D eigenvalue weighted by Gasteiger charge is -2.28. The number of carboxylic acid groups (broad SMARTS) is 1. The number of thioether (sulfide) groups is 1. The van der Waals surface area contributed by atoms with Gasteiger partial charge in [0.25, 0.3) is 0 Å². The molecule has 1 aromatic carbocycles. The van der Waals surface area contributed by atoms with Crippen LogP contribution in [-0.2, 0) is 0 Å². The first-order chi connectivity index (χ1) is 10.7. The molecule has 1 fully saturated rings. The molecule has 1 aromatic heterocycles. The van der Waals surface area contributed by atoms with E-state index in [1.807, 2.05) is 18.4 Å². The van der Waals surface area contributed by atoms with Gasteiger partial charge in [0.2, 0.25) is 0 Å². The number of amides is 1. The van der Waals surface area contributed by atoms with Gasteiger partial charge in [-0.05, 0) is 31.2 Å². The van der Waals surface area contributed by atoms with E-state index in [2.05, 4.69) is 17.1 Å². The van der Waals surface area contributed by atoms with Crippen LogP contribution in [0.25, 0.3) is 11.3 Å². The lowest BCUT2D eigenvalue weighted by atomic mass is 9.97. The summed E-state index contributed by atoms with van der Waals surface area (Å²) >= 11 is 1.71. The third-order valence-corrected chi connectivity index (χ3v) is 4.77. The van der Waals surface area contributed by atoms with Crippen molar-refractivity contribution in [2.75, 3.05) is 19.3 Å². The van der Waals surface area contributed by atoms with E-state index < -0.39 is 6.09 Å². The Balaban J connectivity index is 1.70. The molecule has 0 radical (unpaired) electrons. The van der Waals surface area contributed by atoms with Crippen molar-refractivity contribution in [1.29, 1.82) is 0 Å². The van der Waals surface area contributed by atoms with Crippen LogP contribution in [-0.4, -0.2) is 40.4 Å². The van der Waals surface area contributed by atoms with Crippen molar-refractivity contribution in [2.45, 2.75) is 23.7 Å². The summed E-state index contributed by atoms with van der Waals surface area (Å²) in [5, 5.41) is 8.98. The van der Waals surface area contributed by atoms with E-state index in [4.69, 9.17) is 9.52 Å². The van der Waals surface area contributed by atoms with Crippen LogP contribution in [0.3, 0.4) is 0 Å². The monoisotopic (exact) mass is 318 g/mol. The molecule has 22 heavy (non-hydrogen) atoms. The molecule has 1 aliphatic rings. The highest BCUT2D eigenvalue weighted by molar-refractivity contribution is 7.98. The molecule has 1 amide bonds. The van der Waals surface area contributed by atoms with Crippen molar-refractivity contribution in [1.82, 2.24) is 9.88 Å².